The Kier molecular flexibility index (Phi) is 6.14. The van der Waals surface area contributed by atoms with Gasteiger partial charge in [0.1, 0.15) is 0 Å². The largest absolute Gasteiger partial charge is 0.385 e. The molecule has 0 aliphatic carbocycles. The standard InChI is InChI=1S/C7H12N2O2/c1-11-6-2-5-9-7(10)3-4-8/h2,5-6,8H2,1H3,(H,9,10). The first-order valence-corrected chi connectivity index (χ1v) is 3.29. The number of hydrogen-bond donors (Lipinski definition) is 2. The second-order valence-corrected chi connectivity index (χ2v) is 1.87. The van der Waals surface area contributed by atoms with Crippen LogP contribution in [0.25, 0.3) is 0 Å². The summed E-state index contributed by atoms with van der Waals surface area (Å²) in [7, 11) is 1.61. The van der Waals surface area contributed by atoms with Crippen molar-refractivity contribution in [1.82, 2.24) is 5.32 Å². The van der Waals surface area contributed by atoms with Crippen LogP contribution in [0.4, 0.5) is 0 Å². The van der Waals surface area contributed by atoms with Crippen LogP contribution in [0.15, 0.2) is 0 Å². The van der Waals surface area contributed by atoms with Crippen molar-refractivity contribution < 1.29 is 9.53 Å². The third-order valence-corrected chi connectivity index (χ3v) is 0.996. The van der Waals surface area contributed by atoms with E-state index in [0.29, 0.717) is 13.2 Å². The maximum absolute atomic E-state index is 10.6. The molecule has 0 rings (SSSR count). The summed E-state index contributed by atoms with van der Waals surface area (Å²) >= 11 is 0. The molecule has 11 heavy (non-hydrogen) atoms. The number of ether oxygens (including phenoxy) is 1. The average molecular weight is 156 g/mol. The summed E-state index contributed by atoms with van der Waals surface area (Å²) in [5, 5.41) is 2.55. The molecule has 0 bridgehead atoms. The number of hydrogen-bond acceptors (Lipinski definition) is 3. The first-order valence-electron chi connectivity index (χ1n) is 3.29. The Morgan fingerprint density at radius 2 is 2.45 bits per heavy atom. The molecular weight excluding hydrogens is 144 g/mol. The molecule has 0 aliphatic rings. The Hall–Kier alpha value is -1.21. The van der Waals surface area contributed by atoms with Crippen molar-refractivity contribution in [3.05, 3.63) is 0 Å². The smallest absolute Gasteiger partial charge is 0.297 e. The fourth-order valence-corrected chi connectivity index (χ4v) is 0.528. The van der Waals surface area contributed by atoms with Crippen LogP contribution in [0.1, 0.15) is 6.42 Å². The van der Waals surface area contributed by atoms with Gasteiger partial charge in [-0.1, -0.05) is 0 Å². The highest BCUT2D eigenvalue weighted by atomic mass is 16.5. The number of nitrogens with one attached hydrogen (secondary N) is 1. The van der Waals surface area contributed by atoms with Crippen LogP contribution in [0.5, 0.6) is 0 Å². The maximum atomic E-state index is 10.6. The van der Waals surface area contributed by atoms with Gasteiger partial charge < -0.3 is 15.8 Å². The molecule has 0 aromatic rings. The minimum Gasteiger partial charge on any atom is -0.385 e. The molecule has 62 valence electrons. The highest BCUT2D eigenvalue weighted by Gasteiger charge is 1.92. The number of nitrogens with two attached hydrogens (primary N) is 1. The van der Waals surface area contributed by atoms with E-state index in [1.165, 1.54) is 0 Å². The topological polar surface area (TPSA) is 64.3 Å². The molecule has 0 aliphatic heterocycles. The number of methoxy groups -OCH3 is 1. The van der Waals surface area contributed by atoms with Gasteiger partial charge in [0.2, 0.25) is 0 Å². The van der Waals surface area contributed by atoms with Gasteiger partial charge in [0.05, 0.1) is 0 Å². The molecule has 1 amide bonds. The average Bonchev–Trinajstić information content (AvgIpc) is 1.99. The zero-order valence-electron chi connectivity index (χ0n) is 6.52. The van der Waals surface area contributed by atoms with Gasteiger partial charge in [-0.15, -0.1) is 0 Å². The predicted octanol–water partition coefficient (Wildman–Crippen LogP) is -0.941. The molecule has 0 spiro atoms. The molecular formula is C7H12N2O2. The van der Waals surface area contributed by atoms with Gasteiger partial charge in [-0.05, 0) is 6.42 Å². The van der Waals surface area contributed by atoms with E-state index >= 15 is 0 Å². The van der Waals surface area contributed by atoms with E-state index in [9.17, 15) is 4.79 Å². The van der Waals surface area contributed by atoms with Gasteiger partial charge in [0.25, 0.3) is 5.91 Å². The third-order valence-electron chi connectivity index (χ3n) is 0.996. The summed E-state index contributed by atoms with van der Waals surface area (Å²) in [6, 6.07) is 2.02. The van der Waals surface area contributed by atoms with Crippen molar-refractivity contribution in [2.24, 2.45) is 5.73 Å². The van der Waals surface area contributed by atoms with E-state index in [-0.39, 0.29) is 5.91 Å². The van der Waals surface area contributed by atoms with Crippen LogP contribution in [0.2, 0.25) is 0 Å². The van der Waals surface area contributed by atoms with Gasteiger partial charge in [0.15, 0.2) is 0 Å². The summed E-state index contributed by atoms with van der Waals surface area (Å²) in [4.78, 5) is 10.6. The van der Waals surface area contributed by atoms with Gasteiger partial charge >= 0.3 is 0 Å². The second-order valence-electron chi connectivity index (χ2n) is 1.87. The van der Waals surface area contributed by atoms with Crippen molar-refractivity contribution in [2.45, 2.75) is 6.42 Å². The van der Waals surface area contributed by atoms with Gasteiger partial charge in [-0.25, -0.2) is 0 Å². The Balaban J connectivity index is 3.22. The molecule has 0 heterocycles. The monoisotopic (exact) mass is 156 g/mol. The SMILES string of the molecule is COCCCNC(=O)C#CN. The van der Waals surface area contributed by atoms with Crippen LogP contribution < -0.4 is 11.1 Å². The quantitative estimate of drug-likeness (QED) is 0.313. The molecule has 0 radical (unpaired) electrons. The van der Waals surface area contributed by atoms with Gasteiger partial charge in [0, 0.05) is 32.2 Å². The van der Waals surface area contributed by atoms with E-state index in [0.717, 1.165) is 6.42 Å². The minimum atomic E-state index is -0.344. The lowest BCUT2D eigenvalue weighted by Crippen LogP contribution is -2.23. The van der Waals surface area contributed by atoms with Crippen molar-refractivity contribution in [1.29, 1.82) is 0 Å². The lowest BCUT2D eigenvalue weighted by atomic mass is 10.4. The second kappa shape index (κ2) is 6.90. The van der Waals surface area contributed by atoms with E-state index in [4.69, 9.17) is 10.5 Å². The minimum absolute atomic E-state index is 0.344. The molecule has 0 aromatic carbocycles. The summed E-state index contributed by atoms with van der Waals surface area (Å²) in [6.07, 6.45) is 0.786. The van der Waals surface area contributed by atoms with Crippen molar-refractivity contribution in [3.63, 3.8) is 0 Å². The van der Waals surface area contributed by atoms with E-state index in [1.807, 2.05) is 6.04 Å². The van der Waals surface area contributed by atoms with E-state index in [2.05, 4.69) is 11.2 Å². The first kappa shape index (κ1) is 9.79. The number of rotatable bonds is 4. The summed E-state index contributed by atoms with van der Waals surface area (Å²) in [5.41, 5.74) is 4.81. The lowest BCUT2D eigenvalue weighted by Gasteiger charge is -1.98. The Labute approximate surface area is 66.1 Å². The van der Waals surface area contributed by atoms with E-state index < -0.39 is 0 Å². The molecule has 4 heteroatoms. The maximum Gasteiger partial charge on any atom is 0.297 e. The van der Waals surface area contributed by atoms with E-state index in [1.54, 1.807) is 7.11 Å². The fraction of sp³-hybridized carbons (Fsp3) is 0.571. The number of amides is 1. The zero-order chi connectivity index (χ0) is 8.53. The summed E-state index contributed by atoms with van der Waals surface area (Å²) < 4.78 is 4.77. The van der Waals surface area contributed by atoms with Crippen LogP contribution >= 0.6 is 0 Å². The van der Waals surface area contributed by atoms with Crippen LogP contribution in [-0.2, 0) is 9.53 Å². The molecule has 0 unspecified atom stereocenters. The lowest BCUT2D eigenvalue weighted by molar-refractivity contribution is -0.115. The van der Waals surface area contributed by atoms with Crippen molar-refractivity contribution >= 4 is 5.91 Å². The van der Waals surface area contributed by atoms with Crippen molar-refractivity contribution in [2.75, 3.05) is 20.3 Å². The zero-order valence-corrected chi connectivity index (χ0v) is 6.52. The molecule has 3 N–H and O–H groups in total. The highest BCUT2D eigenvalue weighted by Crippen LogP contribution is 1.75. The molecule has 0 aromatic heterocycles. The van der Waals surface area contributed by atoms with Crippen LogP contribution in [-0.4, -0.2) is 26.2 Å². The molecule has 0 saturated carbocycles. The number of carbonyl (C=O) groups is 1. The fourth-order valence-electron chi connectivity index (χ4n) is 0.528. The normalized spacial score (nSPS) is 8.09. The Bertz CT molecular complexity index is 169. The molecule has 0 fully saturated rings. The van der Waals surface area contributed by atoms with Crippen LogP contribution in [0.3, 0.4) is 0 Å². The summed E-state index contributed by atoms with van der Waals surface area (Å²) in [6.45, 7) is 1.21. The Morgan fingerprint density at radius 1 is 1.73 bits per heavy atom. The Morgan fingerprint density at radius 3 is 3.00 bits per heavy atom. The molecule has 4 nitrogen and oxygen atoms in total. The highest BCUT2D eigenvalue weighted by molar-refractivity contribution is 5.93. The molecule has 0 atom stereocenters. The summed E-state index contributed by atoms with van der Waals surface area (Å²) in [5.74, 6) is 1.82. The predicted molar refractivity (Wildman–Crippen MR) is 41.5 cm³/mol. The van der Waals surface area contributed by atoms with Gasteiger partial charge in [-0.2, -0.15) is 0 Å². The third kappa shape index (κ3) is 6.68. The van der Waals surface area contributed by atoms with Crippen LogP contribution in [0, 0.1) is 12.0 Å². The first-order chi connectivity index (χ1) is 5.31. The van der Waals surface area contributed by atoms with Gasteiger partial charge in [-0.3, -0.25) is 4.79 Å². The van der Waals surface area contributed by atoms with Crippen molar-refractivity contribution in [3.8, 4) is 12.0 Å². The molecule has 0 saturated heterocycles. The number of carbonyl (C=O) groups excluding carboxylic acids is 1.